The third-order valence-electron chi connectivity index (χ3n) is 1.09. The molecule has 0 aliphatic carbocycles. The zero-order valence-electron chi connectivity index (χ0n) is 5.75. The molecule has 0 spiro atoms. The molecule has 0 aromatic carbocycles. The molecule has 0 saturated carbocycles. The van der Waals surface area contributed by atoms with E-state index in [0.717, 1.165) is 12.1 Å². The van der Waals surface area contributed by atoms with Crippen LogP contribution in [0.25, 0.3) is 0 Å². The fourth-order valence-corrected chi connectivity index (χ4v) is 0.603. The molecule has 0 fully saturated rings. The van der Waals surface area contributed by atoms with Gasteiger partial charge >= 0.3 is 0 Å². The van der Waals surface area contributed by atoms with E-state index in [1.165, 1.54) is 0 Å². The summed E-state index contributed by atoms with van der Waals surface area (Å²) in [6.07, 6.45) is 9.51. The second-order valence-corrected chi connectivity index (χ2v) is 1.98. The fourth-order valence-electron chi connectivity index (χ4n) is 0.603. The molecule has 0 saturated heterocycles. The van der Waals surface area contributed by atoms with Gasteiger partial charge in [-0.25, -0.2) is 0 Å². The Morgan fingerprint density at radius 1 is 1.50 bits per heavy atom. The van der Waals surface area contributed by atoms with Crippen LogP contribution in [0.2, 0.25) is 0 Å². The topological polar surface area (TPSA) is 24.4 Å². The van der Waals surface area contributed by atoms with Crippen LogP contribution in [0.5, 0.6) is 0 Å². The van der Waals surface area contributed by atoms with E-state index in [0.29, 0.717) is 0 Å². The molecular weight excluding hydrogens is 124 g/mol. The second kappa shape index (κ2) is 3.67. The van der Waals surface area contributed by atoms with Crippen molar-refractivity contribution in [1.82, 2.24) is 5.43 Å². The Morgan fingerprint density at radius 2 is 2.40 bits per heavy atom. The largest absolute Gasteiger partial charge is 0.306 e. The Bertz CT molecular complexity index is 199. The van der Waals surface area contributed by atoms with Gasteiger partial charge in [0.15, 0.2) is 0 Å². The zero-order chi connectivity index (χ0) is 7.23. The first kappa shape index (κ1) is 6.81. The molecule has 1 aliphatic rings. The lowest BCUT2D eigenvalue weighted by atomic mass is 10.3. The molecule has 0 radical (unpaired) electrons. The van der Waals surface area contributed by atoms with Crippen molar-refractivity contribution in [3.05, 3.63) is 36.5 Å². The van der Waals surface area contributed by atoms with Crippen molar-refractivity contribution < 1.29 is 0 Å². The van der Waals surface area contributed by atoms with E-state index in [9.17, 15) is 0 Å². The van der Waals surface area contributed by atoms with Gasteiger partial charge < -0.3 is 5.43 Å². The maximum atomic E-state index is 3.89. The first-order valence-corrected chi connectivity index (χ1v) is 3.17. The van der Waals surface area contributed by atoms with Crippen LogP contribution in [0, 0.1) is 0 Å². The minimum Gasteiger partial charge on any atom is -0.306 e. The quantitative estimate of drug-likeness (QED) is 0.529. The van der Waals surface area contributed by atoms with E-state index < -0.39 is 0 Å². The third kappa shape index (κ3) is 2.31. The van der Waals surface area contributed by atoms with E-state index >= 15 is 0 Å². The lowest BCUT2D eigenvalue weighted by Gasteiger charge is -1.90. The van der Waals surface area contributed by atoms with Crippen molar-refractivity contribution in [2.24, 2.45) is 5.10 Å². The highest BCUT2D eigenvalue weighted by Gasteiger charge is 1.81. The molecule has 10 heavy (non-hydrogen) atoms. The van der Waals surface area contributed by atoms with Gasteiger partial charge in [-0.05, 0) is 5.57 Å². The van der Waals surface area contributed by atoms with E-state index in [4.69, 9.17) is 0 Å². The molecule has 0 aromatic heterocycles. The van der Waals surface area contributed by atoms with Crippen LogP contribution in [-0.4, -0.2) is 12.8 Å². The minimum absolute atomic E-state index is 0.772. The van der Waals surface area contributed by atoms with Crippen LogP contribution in [0.3, 0.4) is 0 Å². The molecule has 0 bridgehead atoms. The molecule has 2 heteroatoms. The van der Waals surface area contributed by atoms with Crippen molar-refractivity contribution in [2.75, 3.05) is 6.54 Å². The average Bonchev–Trinajstić information content (AvgIpc) is 2.02. The molecule has 52 valence electrons. The van der Waals surface area contributed by atoms with Crippen molar-refractivity contribution in [3.63, 3.8) is 0 Å². The van der Waals surface area contributed by atoms with Crippen LogP contribution in [0.4, 0.5) is 0 Å². The molecule has 0 unspecified atom stereocenters. The first-order valence-electron chi connectivity index (χ1n) is 3.17. The molecule has 0 atom stereocenters. The molecule has 1 rings (SSSR count). The van der Waals surface area contributed by atoms with Gasteiger partial charge in [-0.2, -0.15) is 5.10 Å². The molecule has 2 nitrogen and oxygen atoms in total. The highest BCUT2D eigenvalue weighted by molar-refractivity contribution is 5.81. The summed E-state index contributed by atoms with van der Waals surface area (Å²) in [5.41, 5.74) is 3.74. The summed E-state index contributed by atoms with van der Waals surface area (Å²) >= 11 is 0. The standard InChI is InChI=1S/C8H10N2/c1-8-5-3-2-4-6-9-10-7-8/h2-5,7,9H,1,6H2/b4-2-,5-3-,10-7?. The molecule has 1 heterocycles. The Labute approximate surface area is 60.6 Å². The molecule has 1 aliphatic heterocycles. The number of hydrogen-bond acceptors (Lipinski definition) is 2. The molecular formula is C8H10N2. The van der Waals surface area contributed by atoms with Crippen LogP contribution in [0.15, 0.2) is 41.6 Å². The lowest BCUT2D eigenvalue weighted by molar-refractivity contribution is 0.831. The summed E-state index contributed by atoms with van der Waals surface area (Å²) in [6.45, 7) is 4.52. The van der Waals surface area contributed by atoms with Crippen LogP contribution >= 0.6 is 0 Å². The van der Waals surface area contributed by atoms with Gasteiger partial charge in [-0.3, -0.25) is 0 Å². The average molecular weight is 134 g/mol. The predicted molar refractivity (Wildman–Crippen MR) is 43.9 cm³/mol. The van der Waals surface area contributed by atoms with Crippen LogP contribution in [0.1, 0.15) is 0 Å². The van der Waals surface area contributed by atoms with Crippen molar-refractivity contribution in [1.29, 1.82) is 0 Å². The number of nitrogens with one attached hydrogen (secondary N) is 1. The normalized spacial score (nSPS) is 23.8. The lowest BCUT2D eigenvalue weighted by Crippen LogP contribution is -2.03. The summed E-state index contributed by atoms with van der Waals surface area (Å²) in [5.74, 6) is 0. The number of allylic oxidation sites excluding steroid dienone is 4. The highest BCUT2D eigenvalue weighted by Crippen LogP contribution is 1.90. The van der Waals surface area contributed by atoms with E-state index in [-0.39, 0.29) is 0 Å². The van der Waals surface area contributed by atoms with Crippen LogP contribution in [-0.2, 0) is 0 Å². The Morgan fingerprint density at radius 3 is 3.30 bits per heavy atom. The van der Waals surface area contributed by atoms with Gasteiger partial charge in [0.25, 0.3) is 0 Å². The Hall–Kier alpha value is -1.31. The van der Waals surface area contributed by atoms with E-state index in [1.807, 2.05) is 24.3 Å². The Kier molecular flexibility index (Phi) is 2.49. The molecule has 0 amide bonds. The number of nitrogens with zero attached hydrogens (tertiary/aromatic N) is 1. The van der Waals surface area contributed by atoms with Gasteiger partial charge in [0.05, 0.1) is 12.8 Å². The van der Waals surface area contributed by atoms with Crippen LogP contribution < -0.4 is 5.43 Å². The van der Waals surface area contributed by atoms with Gasteiger partial charge in [-0.1, -0.05) is 30.9 Å². The number of hydrazone groups is 1. The highest BCUT2D eigenvalue weighted by atomic mass is 15.3. The number of rotatable bonds is 0. The van der Waals surface area contributed by atoms with Gasteiger partial charge in [-0.15, -0.1) is 0 Å². The third-order valence-corrected chi connectivity index (χ3v) is 1.09. The molecule has 1 N–H and O–H groups in total. The van der Waals surface area contributed by atoms with Gasteiger partial charge in [0.1, 0.15) is 0 Å². The van der Waals surface area contributed by atoms with Crippen molar-refractivity contribution >= 4 is 6.21 Å². The summed E-state index contributed by atoms with van der Waals surface area (Å²) < 4.78 is 0. The summed E-state index contributed by atoms with van der Waals surface area (Å²) in [7, 11) is 0. The number of hydrogen-bond donors (Lipinski definition) is 1. The summed E-state index contributed by atoms with van der Waals surface area (Å²) in [4.78, 5) is 0. The monoisotopic (exact) mass is 134 g/mol. The smallest absolute Gasteiger partial charge is 0.0534 e. The predicted octanol–water partition coefficient (Wildman–Crippen LogP) is 1.24. The fraction of sp³-hybridized carbons (Fsp3) is 0.125. The second-order valence-electron chi connectivity index (χ2n) is 1.98. The summed E-state index contributed by atoms with van der Waals surface area (Å²) in [5, 5.41) is 3.89. The van der Waals surface area contributed by atoms with Gasteiger partial charge in [0.2, 0.25) is 0 Å². The summed E-state index contributed by atoms with van der Waals surface area (Å²) in [6, 6.07) is 0. The van der Waals surface area contributed by atoms with E-state index in [1.54, 1.807) is 6.21 Å². The first-order chi connectivity index (χ1) is 4.89. The zero-order valence-corrected chi connectivity index (χ0v) is 5.75. The van der Waals surface area contributed by atoms with E-state index in [2.05, 4.69) is 17.1 Å². The maximum Gasteiger partial charge on any atom is 0.0534 e. The van der Waals surface area contributed by atoms with Crippen molar-refractivity contribution in [3.8, 4) is 0 Å². The SMILES string of the molecule is C=C1C=NNC/C=C\C=C/1. The molecule has 0 aromatic rings. The maximum absolute atomic E-state index is 3.89. The Balaban J connectivity index is 2.64. The van der Waals surface area contributed by atoms with Gasteiger partial charge in [0, 0.05) is 0 Å². The van der Waals surface area contributed by atoms with Crippen molar-refractivity contribution in [2.45, 2.75) is 0 Å². The minimum atomic E-state index is 0.772.